The highest BCUT2D eigenvalue weighted by molar-refractivity contribution is 6.20. The van der Waals surface area contributed by atoms with Crippen molar-refractivity contribution in [2.45, 2.75) is 53.5 Å². The molecule has 0 fully saturated rings. The first-order valence-electron chi connectivity index (χ1n) is 11.6. The van der Waals surface area contributed by atoms with Gasteiger partial charge in [-0.3, -0.25) is 4.79 Å². The van der Waals surface area contributed by atoms with Gasteiger partial charge in [0.25, 0.3) is 0 Å². The molecule has 0 unspecified atom stereocenters. The van der Waals surface area contributed by atoms with Crippen molar-refractivity contribution < 1.29 is 19.4 Å². The maximum absolute atomic E-state index is 12.2. The summed E-state index contributed by atoms with van der Waals surface area (Å²) in [6.07, 6.45) is 19.0. The lowest BCUT2D eigenvalue weighted by molar-refractivity contribution is -0.139. The number of carboxylic acids is 1. The van der Waals surface area contributed by atoms with Gasteiger partial charge in [-0.15, -0.1) is 12.8 Å². The van der Waals surface area contributed by atoms with Gasteiger partial charge in [0.1, 0.15) is 5.75 Å². The topological polar surface area (TPSA) is 94.5 Å². The number of aliphatic carboxylic acids is 1. The second kappa shape index (κ2) is 15.0. The monoisotopic (exact) mass is 476 g/mol. The summed E-state index contributed by atoms with van der Waals surface area (Å²) in [7, 11) is 0. The molecule has 0 bridgehead atoms. The number of allylic oxidation sites excluding steroid dienone is 4. The molecule has 1 heterocycles. The predicted octanol–water partition coefficient (Wildman–Crippen LogP) is 6.11. The van der Waals surface area contributed by atoms with Crippen LogP contribution in [0, 0.1) is 12.8 Å². The molecule has 0 saturated carbocycles. The molecule has 186 valence electrons. The average Bonchev–Trinajstić information content (AvgIpc) is 3.21. The van der Waals surface area contributed by atoms with E-state index in [0.717, 1.165) is 41.2 Å². The van der Waals surface area contributed by atoms with Crippen molar-refractivity contribution in [2.75, 3.05) is 6.61 Å². The van der Waals surface area contributed by atoms with Gasteiger partial charge < -0.3 is 20.1 Å². The number of aryl methyl sites for hydroxylation is 1. The van der Waals surface area contributed by atoms with Gasteiger partial charge >= 0.3 is 5.97 Å². The van der Waals surface area contributed by atoms with Crippen molar-refractivity contribution in [3.8, 4) is 18.6 Å². The van der Waals surface area contributed by atoms with Gasteiger partial charge in [0.05, 0.1) is 16.4 Å². The summed E-state index contributed by atoms with van der Waals surface area (Å²) in [6, 6.07) is 9.26. The van der Waals surface area contributed by atoms with Crippen LogP contribution in [0.15, 0.2) is 54.6 Å². The van der Waals surface area contributed by atoms with Crippen LogP contribution < -0.4 is 10.5 Å². The van der Waals surface area contributed by atoms with Gasteiger partial charge in [0.15, 0.2) is 6.61 Å². The highest BCUT2D eigenvalue weighted by atomic mass is 16.5. The molecule has 0 radical (unpaired) electrons. The Kier molecular flexibility index (Phi) is 12.5. The van der Waals surface area contributed by atoms with Crippen molar-refractivity contribution in [1.29, 1.82) is 0 Å². The Morgan fingerprint density at radius 1 is 1.06 bits per heavy atom. The molecule has 1 amide bonds. The largest absolute Gasteiger partial charge is 0.481 e. The first-order chi connectivity index (χ1) is 16.9. The van der Waals surface area contributed by atoms with Crippen LogP contribution in [0.1, 0.15) is 56.5 Å². The van der Waals surface area contributed by atoms with Crippen molar-refractivity contribution >= 4 is 33.7 Å². The van der Waals surface area contributed by atoms with E-state index < -0.39 is 18.5 Å². The van der Waals surface area contributed by atoms with E-state index in [2.05, 4.69) is 24.3 Å². The summed E-state index contributed by atoms with van der Waals surface area (Å²) >= 11 is 0. The number of carboxylic acid groups (broad SMARTS) is 1. The molecule has 35 heavy (non-hydrogen) atoms. The van der Waals surface area contributed by atoms with Crippen LogP contribution in [0.2, 0.25) is 0 Å². The number of unbranched alkanes of at least 4 members (excludes halogenated alkanes) is 1. The lowest BCUT2D eigenvalue weighted by atomic mass is 10.0. The number of carbonyl (C=O) groups excluding carboxylic acids is 1. The summed E-state index contributed by atoms with van der Waals surface area (Å²) in [5.41, 5.74) is 9.05. The number of fused-ring (bicyclic) bond motifs is 3. The minimum atomic E-state index is -1.05. The highest BCUT2D eigenvalue weighted by Gasteiger charge is 2.21. The van der Waals surface area contributed by atoms with Crippen molar-refractivity contribution in [3.63, 3.8) is 0 Å². The zero-order valence-corrected chi connectivity index (χ0v) is 21.1. The van der Waals surface area contributed by atoms with Crippen LogP contribution in [-0.4, -0.2) is 28.2 Å². The predicted molar refractivity (Wildman–Crippen MR) is 145 cm³/mol. The maximum atomic E-state index is 12.2. The Balaban J connectivity index is 0.000000926. The van der Waals surface area contributed by atoms with Crippen LogP contribution in [0.4, 0.5) is 0 Å². The summed E-state index contributed by atoms with van der Waals surface area (Å²) in [5.74, 6) is -1.13. The minimum absolute atomic E-state index is 0.402. The molecule has 3 aromatic rings. The number of terminal acetylenes is 1. The standard InChI is InChI=1S/C23H26N2O4.C4H8.C2H2/c1-3-5-8-15-11-12-18(29-14-19(26)27)21-20-16(23(24)28)9-7-10-17(20)25(22(15)21)13-6-4-2;1-3-4-2;1-2/h4,6-7,9-12H,3,5,8,13-14H2,1-2H3,(H2,24,28)(H,26,27);3-4H,1-2H3;1-2H/b6-4+;4-3-;. The third-order valence-corrected chi connectivity index (χ3v) is 5.35. The highest BCUT2D eigenvalue weighted by Crippen LogP contribution is 2.40. The van der Waals surface area contributed by atoms with E-state index in [-0.39, 0.29) is 0 Å². The van der Waals surface area contributed by atoms with E-state index in [1.54, 1.807) is 12.1 Å². The molecule has 0 saturated heterocycles. The number of rotatable bonds is 9. The number of nitrogens with zero attached hydrogens (tertiary/aromatic N) is 1. The first kappa shape index (κ1) is 29.1. The fourth-order valence-electron chi connectivity index (χ4n) is 3.75. The van der Waals surface area contributed by atoms with E-state index in [0.29, 0.717) is 23.2 Å². The number of aromatic nitrogens is 1. The molecule has 0 spiro atoms. The van der Waals surface area contributed by atoms with Gasteiger partial charge in [-0.25, -0.2) is 4.79 Å². The molecule has 0 aliphatic carbocycles. The fraction of sp³-hybridized carbons (Fsp3) is 0.310. The number of benzene rings is 2. The lowest BCUT2D eigenvalue weighted by Crippen LogP contribution is -2.11. The number of carbonyl (C=O) groups is 2. The Hall–Kier alpha value is -3.98. The van der Waals surface area contributed by atoms with E-state index >= 15 is 0 Å². The zero-order valence-electron chi connectivity index (χ0n) is 21.1. The summed E-state index contributed by atoms with van der Waals surface area (Å²) in [6.45, 7) is 8.27. The minimum Gasteiger partial charge on any atom is -0.481 e. The molecular formula is C29H36N2O4. The number of amides is 1. The van der Waals surface area contributed by atoms with Gasteiger partial charge in [-0.05, 0) is 57.4 Å². The Morgan fingerprint density at radius 3 is 2.29 bits per heavy atom. The van der Waals surface area contributed by atoms with Gasteiger partial charge in [0, 0.05) is 17.5 Å². The molecule has 3 N–H and O–H groups in total. The normalized spacial score (nSPS) is 10.7. The molecule has 0 aliphatic heterocycles. The van der Waals surface area contributed by atoms with Gasteiger partial charge in [-0.1, -0.05) is 49.8 Å². The Morgan fingerprint density at radius 2 is 1.74 bits per heavy atom. The van der Waals surface area contributed by atoms with E-state index in [1.165, 1.54) is 0 Å². The average molecular weight is 477 g/mol. The van der Waals surface area contributed by atoms with Crippen LogP contribution in [0.25, 0.3) is 21.8 Å². The van der Waals surface area contributed by atoms with Crippen molar-refractivity contribution in [1.82, 2.24) is 4.57 Å². The SMILES string of the molecule is C#C.C/C=C/Cn1c2cccc(C(N)=O)c2c2c(OCC(=O)O)ccc(CCCC)c21.C/C=C\C. The second-order valence-corrected chi connectivity index (χ2v) is 7.64. The number of hydrogen-bond acceptors (Lipinski definition) is 3. The van der Waals surface area contributed by atoms with E-state index in [4.69, 9.17) is 15.6 Å². The fourth-order valence-corrected chi connectivity index (χ4v) is 3.75. The van der Waals surface area contributed by atoms with Crippen molar-refractivity contribution in [3.05, 3.63) is 65.8 Å². The number of hydrogen-bond donors (Lipinski definition) is 2. The molecule has 6 nitrogen and oxygen atoms in total. The van der Waals surface area contributed by atoms with Gasteiger partial charge in [-0.2, -0.15) is 0 Å². The summed E-state index contributed by atoms with van der Waals surface area (Å²) in [4.78, 5) is 23.3. The summed E-state index contributed by atoms with van der Waals surface area (Å²) < 4.78 is 7.77. The third kappa shape index (κ3) is 7.25. The molecule has 1 aromatic heterocycles. The molecule has 0 atom stereocenters. The van der Waals surface area contributed by atoms with E-state index in [1.807, 2.05) is 63.3 Å². The molecule has 2 aromatic carbocycles. The lowest BCUT2D eigenvalue weighted by Gasteiger charge is -2.12. The number of primary amides is 1. The zero-order chi connectivity index (χ0) is 26.4. The Bertz CT molecular complexity index is 1210. The third-order valence-electron chi connectivity index (χ3n) is 5.35. The second-order valence-electron chi connectivity index (χ2n) is 7.64. The van der Waals surface area contributed by atoms with Crippen LogP contribution in [-0.2, 0) is 17.8 Å². The maximum Gasteiger partial charge on any atom is 0.341 e. The van der Waals surface area contributed by atoms with Crippen LogP contribution >= 0.6 is 0 Å². The van der Waals surface area contributed by atoms with Crippen LogP contribution in [0.3, 0.4) is 0 Å². The summed E-state index contributed by atoms with van der Waals surface area (Å²) in [5, 5.41) is 10.5. The number of ether oxygens (including phenoxy) is 1. The first-order valence-corrected chi connectivity index (χ1v) is 11.6. The number of nitrogens with two attached hydrogens (primary N) is 1. The molecular weight excluding hydrogens is 440 g/mol. The van der Waals surface area contributed by atoms with Gasteiger partial charge in [0.2, 0.25) is 5.91 Å². The Labute approximate surface area is 208 Å². The van der Waals surface area contributed by atoms with Crippen molar-refractivity contribution in [2.24, 2.45) is 5.73 Å². The quantitative estimate of drug-likeness (QED) is 0.288. The van der Waals surface area contributed by atoms with Crippen LogP contribution in [0.5, 0.6) is 5.75 Å². The molecule has 0 aliphatic rings. The molecule has 3 rings (SSSR count). The smallest absolute Gasteiger partial charge is 0.341 e. The van der Waals surface area contributed by atoms with E-state index in [9.17, 15) is 9.59 Å². The molecule has 6 heteroatoms.